The number of benzene rings is 1. The number of anilines is 1. The molecule has 36 heavy (non-hydrogen) atoms. The van der Waals surface area contributed by atoms with Gasteiger partial charge in [-0.25, -0.2) is 13.4 Å². The van der Waals surface area contributed by atoms with Crippen LogP contribution in [0.4, 0.5) is 5.82 Å². The molecule has 0 bridgehead atoms. The van der Waals surface area contributed by atoms with E-state index in [2.05, 4.69) is 27.6 Å². The molecule has 1 N–H and O–H groups in total. The standard InChI is InChI=1S/C27H32N4O4S/c1-17-8-11-25(28-15-17)29-27(32)22-7-6-12-31(16-22)36(33,34)26-21(5)30-35-24(26)10-9-23-19(3)13-18(2)14-20(23)4/h8-11,13-15,22H,6-7,12,16H2,1-5H3,(H,28,29,32)/b10-9+. The van der Waals surface area contributed by atoms with E-state index in [9.17, 15) is 13.2 Å². The van der Waals surface area contributed by atoms with Crippen LogP contribution in [0.2, 0.25) is 0 Å². The maximum Gasteiger partial charge on any atom is 0.248 e. The second kappa shape index (κ2) is 10.4. The predicted octanol–water partition coefficient (Wildman–Crippen LogP) is 4.82. The highest BCUT2D eigenvalue weighted by Gasteiger charge is 2.37. The molecule has 1 amide bonds. The summed E-state index contributed by atoms with van der Waals surface area (Å²) in [5.41, 5.74) is 5.65. The van der Waals surface area contributed by atoms with Crippen molar-refractivity contribution < 1.29 is 17.7 Å². The van der Waals surface area contributed by atoms with Crippen LogP contribution in [-0.2, 0) is 14.8 Å². The van der Waals surface area contributed by atoms with E-state index in [1.807, 2.05) is 39.8 Å². The minimum absolute atomic E-state index is 0.0439. The first-order valence-corrected chi connectivity index (χ1v) is 13.5. The molecule has 190 valence electrons. The molecule has 1 aliphatic heterocycles. The Kier molecular flexibility index (Phi) is 7.42. The zero-order valence-electron chi connectivity index (χ0n) is 21.3. The van der Waals surface area contributed by atoms with Crippen LogP contribution >= 0.6 is 0 Å². The number of hydrogen-bond acceptors (Lipinski definition) is 6. The highest BCUT2D eigenvalue weighted by atomic mass is 32.2. The van der Waals surface area contributed by atoms with Crippen molar-refractivity contribution in [2.24, 2.45) is 5.92 Å². The fraction of sp³-hybridized carbons (Fsp3) is 0.370. The third-order valence-corrected chi connectivity index (χ3v) is 8.51. The molecule has 3 heterocycles. The fourth-order valence-corrected chi connectivity index (χ4v) is 6.46. The van der Waals surface area contributed by atoms with Gasteiger partial charge >= 0.3 is 0 Å². The first-order chi connectivity index (χ1) is 17.1. The molecule has 0 spiro atoms. The van der Waals surface area contributed by atoms with Gasteiger partial charge in [-0.15, -0.1) is 0 Å². The molecular weight excluding hydrogens is 476 g/mol. The van der Waals surface area contributed by atoms with Crippen LogP contribution in [-0.4, -0.2) is 41.9 Å². The van der Waals surface area contributed by atoms with E-state index in [-0.39, 0.29) is 23.1 Å². The van der Waals surface area contributed by atoms with Gasteiger partial charge in [0.25, 0.3) is 0 Å². The minimum atomic E-state index is -3.93. The normalized spacial score (nSPS) is 17.0. The lowest BCUT2D eigenvalue weighted by Crippen LogP contribution is -2.44. The third kappa shape index (κ3) is 5.42. The Morgan fingerprint density at radius 2 is 1.81 bits per heavy atom. The van der Waals surface area contributed by atoms with Crippen LogP contribution in [0.3, 0.4) is 0 Å². The fourth-order valence-electron chi connectivity index (χ4n) is 4.69. The van der Waals surface area contributed by atoms with E-state index in [0.29, 0.717) is 30.9 Å². The molecular formula is C27H32N4O4S. The number of carbonyl (C=O) groups is 1. The van der Waals surface area contributed by atoms with Crippen LogP contribution < -0.4 is 5.32 Å². The highest BCUT2D eigenvalue weighted by molar-refractivity contribution is 7.89. The first-order valence-electron chi connectivity index (χ1n) is 12.0. The Hall–Kier alpha value is -3.30. The second-order valence-electron chi connectivity index (χ2n) is 9.52. The summed E-state index contributed by atoms with van der Waals surface area (Å²) in [5.74, 6) is -0.0794. The molecule has 0 saturated carbocycles. The van der Waals surface area contributed by atoms with Gasteiger partial charge in [-0.05, 0) is 81.9 Å². The number of hydrogen-bond donors (Lipinski definition) is 1. The average molecular weight is 509 g/mol. The van der Waals surface area contributed by atoms with Crippen molar-refractivity contribution in [2.75, 3.05) is 18.4 Å². The largest absolute Gasteiger partial charge is 0.355 e. The number of nitrogens with zero attached hydrogens (tertiary/aromatic N) is 3. The van der Waals surface area contributed by atoms with Gasteiger partial charge in [-0.1, -0.05) is 35.0 Å². The molecule has 1 aliphatic rings. The number of piperidine rings is 1. The lowest BCUT2D eigenvalue weighted by molar-refractivity contribution is -0.120. The van der Waals surface area contributed by atoms with Crippen LogP contribution in [0.25, 0.3) is 12.2 Å². The molecule has 0 aliphatic carbocycles. The van der Waals surface area contributed by atoms with E-state index >= 15 is 0 Å². The molecule has 8 nitrogen and oxygen atoms in total. The summed E-state index contributed by atoms with van der Waals surface area (Å²) in [6.45, 7) is 10.0. The van der Waals surface area contributed by atoms with E-state index in [4.69, 9.17) is 4.52 Å². The van der Waals surface area contributed by atoms with E-state index < -0.39 is 15.9 Å². The zero-order valence-corrected chi connectivity index (χ0v) is 22.1. The van der Waals surface area contributed by atoms with Gasteiger partial charge in [0.15, 0.2) is 10.7 Å². The van der Waals surface area contributed by atoms with Crippen LogP contribution in [0.1, 0.15) is 52.1 Å². The number of amides is 1. The van der Waals surface area contributed by atoms with Crippen molar-refractivity contribution in [3.05, 3.63) is 69.7 Å². The van der Waals surface area contributed by atoms with Crippen molar-refractivity contribution in [3.8, 4) is 0 Å². The van der Waals surface area contributed by atoms with Crippen LogP contribution in [0.5, 0.6) is 0 Å². The Bertz CT molecular complexity index is 1390. The van der Waals surface area contributed by atoms with Crippen molar-refractivity contribution in [1.82, 2.24) is 14.4 Å². The smallest absolute Gasteiger partial charge is 0.248 e. The van der Waals surface area contributed by atoms with Gasteiger partial charge in [-0.2, -0.15) is 4.31 Å². The lowest BCUT2D eigenvalue weighted by atomic mass is 9.99. The van der Waals surface area contributed by atoms with Crippen molar-refractivity contribution >= 4 is 33.9 Å². The number of sulfonamides is 1. The highest BCUT2D eigenvalue weighted by Crippen LogP contribution is 2.30. The van der Waals surface area contributed by atoms with Crippen molar-refractivity contribution in [2.45, 2.75) is 52.4 Å². The van der Waals surface area contributed by atoms with Crippen LogP contribution in [0.15, 0.2) is 39.9 Å². The lowest BCUT2D eigenvalue weighted by Gasteiger charge is -2.31. The molecule has 9 heteroatoms. The van der Waals surface area contributed by atoms with E-state index in [0.717, 1.165) is 22.3 Å². The van der Waals surface area contributed by atoms with Crippen LogP contribution in [0, 0.1) is 40.5 Å². The quantitative estimate of drug-likeness (QED) is 0.512. The summed E-state index contributed by atoms with van der Waals surface area (Å²) >= 11 is 0. The molecule has 1 aromatic carbocycles. The van der Waals surface area contributed by atoms with Gasteiger partial charge in [-0.3, -0.25) is 4.79 Å². The number of pyridine rings is 1. The van der Waals surface area contributed by atoms with Crippen molar-refractivity contribution in [3.63, 3.8) is 0 Å². The summed E-state index contributed by atoms with van der Waals surface area (Å²) < 4.78 is 34.2. The SMILES string of the molecule is Cc1ccc(NC(=O)C2CCCN(S(=O)(=O)c3c(C)noc3/C=C/c3c(C)cc(C)cc3C)C2)nc1. The Balaban J connectivity index is 1.56. The average Bonchev–Trinajstić information content (AvgIpc) is 3.21. The van der Waals surface area contributed by atoms with Gasteiger partial charge < -0.3 is 9.84 Å². The van der Waals surface area contributed by atoms with E-state index in [1.165, 1.54) is 9.87 Å². The molecule has 1 fully saturated rings. The van der Waals surface area contributed by atoms with Gasteiger partial charge in [0.1, 0.15) is 11.5 Å². The number of aryl methyl sites for hydroxylation is 5. The zero-order chi connectivity index (χ0) is 26.0. The Labute approximate surface area is 212 Å². The maximum absolute atomic E-state index is 13.7. The van der Waals surface area contributed by atoms with Crippen molar-refractivity contribution in [1.29, 1.82) is 0 Å². The topological polar surface area (TPSA) is 105 Å². The Morgan fingerprint density at radius 3 is 2.47 bits per heavy atom. The molecule has 3 aromatic rings. The summed E-state index contributed by atoms with van der Waals surface area (Å²) in [6.07, 6.45) is 6.39. The first kappa shape index (κ1) is 25.8. The molecule has 1 atom stereocenters. The number of carbonyl (C=O) groups excluding carboxylic acids is 1. The molecule has 2 aromatic heterocycles. The number of nitrogens with one attached hydrogen (secondary N) is 1. The monoisotopic (exact) mass is 508 g/mol. The summed E-state index contributed by atoms with van der Waals surface area (Å²) in [6, 6.07) is 7.77. The Morgan fingerprint density at radius 1 is 1.08 bits per heavy atom. The van der Waals surface area contributed by atoms with E-state index in [1.54, 1.807) is 25.3 Å². The maximum atomic E-state index is 13.7. The molecule has 1 unspecified atom stereocenters. The molecule has 0 radical (unpaired) electrons. The van der Waals surface area contributed by atoms with Gasteiger partial charge in [0.2, 0.25) is 15.9 Å². The summed E-state index contributed by atoms with van der Waals surface area (Å²) in [5, 5.41) is 6.75. The minimum Gasteiger partial charge on any atom is -0.355 e. The third-order valence-electron chi connectivity index (χ3n) is 6.49. The number of aromatic nitrogens is 2. The predicted molar refractivity (Wildman–Crippen MR) is 140 cm³/mol. The number of rotatable bonds is 6. The van der Waals surface area contributed by atoms with Gasteiger partial charge in [0, 0.05) is 19.3 Å². The molecule has 1 saturated heterocycles. The second-order valence-corrected chi connectivity index (χ2v) is 11.4. The summed E-state index contributed by atoms with van der Waals surface area (Å²) in [4.78, 5) is 17.1. The molecule has 4 rings (SSSR count). The van der Waals surface area contributed by atoms with Gasteiger partial charge in [0.05, 0.1) is 5.92 Å². The summed E-state index contributed by atoms with van der Waals surface area (Å²) in [7, 11) is -3.93.